The van der Waals surface area contributed by atoms with E-state index in [1.54, 1.807) is 12.3 Å². The highest BCUT2D eigenvalue weighted by molar-refractivity contribution is 5.55. The van der Waals surface area contributed by atoms with Crippen LogP contribution in [0, 0.1) is 26.7 Å². The highest BCUT2D eigenvalue weighted by Gasteiger charge is 2.23. The van der Waals surface area contributed by atoms with Crippen molar-refractivity contribution in [1.82, 2.24) is 0 Å². The van der Waals surface area contributed by atoms with Crippen LogP contribution in [0.5, 0.6) is 0 Å². The molecule has 1 aliphatic rings. The van der Waals surface area contributed by atoms with Gasteiger partial charge in [0.2, 0.25) is 0 Å². The van der Waals surface area contributed by atoms with Gasteiger partial charge in [-0.3, -0.25) is 0 Å². The first-order valence-electron chi connectivity index (χ1n) is 10.3. The second kappa shape index (κ2) is 12.6. The molecular weight excluding hydrogens is 383 g/mol. The molecule has 0 amide bonds. The van der Waals surface area contributed by atoms with Crippen molar-refractivity contribution in [3.63, 3.8) is 0 Å². The third-order valence-electron chi connectivity index (χ3n) is 4.95. The van der Waals surface area contributed by atoms with E-state index >= 15 is 0 Å². The molecule has 3 rings (SSSR count). The van der Waals surface area contributed by atoms with E-state index in [-0.39, 0.29) is 25.2 Å². The Bertz CT molecular complexity index is 897. The third kappa shape index (κ3) is 8.29. The van der Waals surface area contributed by atoms with Gasteiger partial charge in [0.15, 0.2) is 0 Å². The van der Waals surface area contributed by atoms with E-state index < -0.39 is 0 Å². The maximum Gasteiger partial charge on any atom is 0.122 e. The van der Waals surface area contributed by atoms with Crippen LogP contribution in [-0.2, 0) is 0 Å². The molecular formula is C28H37FN2. The molecule has 0 aromatic heterocycles. The zero-order chi connectivity index (χ0) is 22.1. The van der Waals surface area contributed by atoms with Crippen LogP contribution >= 0.6 is 0 Å². The molecule has 166 valence electrons. The van der Waals surface area contributed by atoms with Crippen molar-refractivity contribution in [1.29, 1.82) is 0 Å². The van der Waals surface area contributed by atoms with Crippen molar-refractivity contribution >= 4 is 5.69 Å². The maximum atomic E-state index is 13.7. The van der Waals surface area contributed by atoms with E-state index in [0.29, 0.717) is 5.70 Å². The fourth-order valence-electron chi connectivity index (χ4n) is 3.22. The quantitative estimate of drug-likeness (QED) is 0.518. The van der Waals surface area contributed by atoms with E-state index in [9.17, 15) is 4.39 Å². The van der Waals surface area contributed by atoms with E-state index in [4.69, 9.17) is 5.73 Å². The van der Waals surface area contributed by atoms with Crippen LogP contribution in [0.15, 0.2) is 96.6 Å². The maximum absolute atomic E-state index is 13.7. The molecule has 1 aliphatic heterocycles. The zero-order valence-corrected chi connectivity index (χ0v) is 18.6. The van der Waals surface area contributed by atoms with Gasteiger partial charge in [-0.2, -0.15) is 0 Å². The fourth-order valence-corrected chi connectivity index (χ4v) is 3.22. The van der Waals surface area contributed by atoms with Gasteiger partial charge in [0, 0.05) is 23.5 Å². The average Bonchev–Trinajstić information content (AvgIpc) is 2.71. The van der Waals surface area contributed by atoms with Crippen LogP contribution in [0.25, 0.3) is 0 Å². The number of halogens is 1. The first-order valence-corrected chi connectivity index (χ1v) is 10.3. The van der Waals surface area contributed by atoms with Gasteiger partial charge in [0.1, 0.15) is 5.83 Å². The van der Waals surface area contributed by atoms with E-state index in [1.807, 2.05) is 32.1 Å². The lowest BCUT2D eigenvalue weighted by molar-refractivity contribution is 0.569. The van der Waals surface area contributed by atoms with Gasteiger partial charge in [-0.05, 0) is 58.1 Å². The lowest BCUT2D eigenvalue weighted by Crippen LogP contribution is -2.36. The van der Waals surface area contributed by atoms with Gasteiger partial charge in [-0.25, -0.2) is 4.39 Å². The van der Waals surface area contributed by atoms with E-state index in [2.05, 4.69) is 74.2 Å². The van der Waals surface area contributed by atoms with Crippen molar-refractivity contribution in [2.75, 3.05) is 4.90 Å². The van der Waals surface area contributed by atoms with Crippen LogP contribution in [0.3, 0.4) is 0 Å². The summed E-state index contributed by atoms with van der Waals surface area (Å²) in [4.78, 5) is 2.08. The summed E-state index contributed by atoms with van der Waals surface area (Å²) in [6, 6.07) is 16.6. The Morgan fingerprint density at radius 1 is 0.968 bits per heavy atom. The molecule has 2 N–H and O–H groups in total. The van der Waals surface area contributed by atoms with Crippen molar-refractivity contribution in [2.24, 2.45) is 11.7 Å². The molecule has 2 nitrogen and oxygen atoms in total. The van der Waals surface area contributed by atoms with Gasteiger partial charge >= 0.3 is 0 Å². The molecule has 0 aliphatic carbocycles. The molecule has 2 aromatic rings. The molecule has 3 heteroatoms. The van der Waals surface area contributed by atoms with Crippen LogP contribution in [0.1, 0.15) is 38.0 Å². The number of rotatable bonds is 4. The molecule has 0 radical (unpaired) electrons. The van der Waals surface area contributed by atoms with Gasteiger partial charge in [0.25, 0.3) is 0 Å². The van der Waals surface area contributed by atoms with Gasteiger partial charge in [-0.1, -0.05) is 79.6 Å². The number of benzene rings is 2. The number of aryl methyl sites for hydroxylation is 3. The Balaban J connectivity index is 0.000000450. The van der Waals surface area contributed by atoms with E-state index in [0.717, 1.165) is 5.69 Å². The van der Waals surface area contributed by atoms with Crippen LogP contribution in [-0.4, -0.2) is 6.04 Å². The lowest BCUT2D eigenvalue weighted by Gasteiger charge is -2.34. The second-order valence-corrected chi connectivity index (χ2v) is 7.78. The summed E-state index contributed by atoms with van der Waals surface area (Å²) in [5, 5.41) is 0. The predicted molar refractivity (Wildman–Crippen MR) is 135 cm³/mol. The summed E-state index contributed by atoms with van der Waals surface area (Å²) in [6.45, 7) is 10.2. The topological polar surface area (TPSA) is 29.3 Å². The number of nitrogens with zero attached hydrogens (tertiary/aromatic N) is 1. The predicted octanol–water partition coefficient (Wildman–Crippen LogP) is 7.55. The Kier molecular flexibility index (Phi) is 10.5. The summed E-state index contributed by atoms with van der Waals surface area (Å²) in [5.74, 6) is -0.133. The SMILES string of the molecule is C.C/C=C\C(N)=C/C(C)C1C=C(F)C=CN1c1ccc(C)cc1.Cc1ccc(C)cc1. The molecule has 0 saturated heterocycles. The first kappa shape index (κ1) is 26.0. The zero-order valence-electron chi connectivity index (χ0n) is 18.6. The van der Waals surface area contributed by atoms with Crippen LogP contribution in [0.2, 0.25) is 0 Å². The molecule has 0 fully saturated rings. The molecule has 0 spiro atoms. The summed E-state index contributed by atoms with van der Waals surface area (Å²) < 4.78 is 13.7. The smallest absolute Gasteiger partial charge is 0.122 e. The van der Waals surface area contributed by atoms with Gasteiger partial charge < -0.3 is 10.6 Å². The van der Waals surface area contributed by atoms with Gasteiger partial charge in [0.05, 0.1) is 6.04 Å². The monoisotopic (exact) mass is 420 g/mol. The number of anilines is 1. The van der Waals surface area contributed by atoms with Crippen molar-refractivity contribution in [3.8, 4) is 0 Å². The summed E-state index contributed by atoms with van der Waals surface area (Å²) in [6.07, 6.45) is 10.6. The fraction of sp³-hybridized carbons (Fsp3) is 0.286. The summed E-state index contributed by atoms with van der Waals surface area (Å²) in [7, 11) is 0. The molecule has 2 unspecified atom stereocenters. The minimum absolute atomic E-state index is 0. The average molecular weight is 421 g/mol. The number of allylic oxidation sites excluding steroid dienone is 4. The van der Waals surface area contributed by atoms with Crippen LogP contribution in [0.4, 0.5) is 10.1 Å². The minimum Gasteiger partial charge on any atom is -0.399 e. The third-order valence-corrected chi connectivity index (χ3v) is 4.95. The summed E-state index contributed by atoms with van der Waals surface area (Å²) >= 11 is 0. The van der Waals surface area contributed by atoms with E-state index in [1.165, 1.54) is 22.8 Å². The molecule has 2 aromatic carbocycles. The number of hydrogen-bond donors (Lipinski definition) is 1. The highest BCUT2D eigenvalue weighted by Crippen LogP contribution is 2.28. The highest BCUT2D eigenvalue weighted by atomic mass is 19.1. The van der Waals surface area contributed by atoms with Crippen molar-refractivity contribution in [2.45, 2.75) is 48.1 Å². The second-order valence-electron chi connectivity index (χ2n) is 7.78. The largest absolute Gasteiger partial charge is 0.399 e. The number of nitrogens with two attached hydrogens (primary N) is 1. The molecule has 0 saturated carbocycles. The lowest BCUT2D eigenvalue weighted by atomic mass is 9.96. The minimum atomic E-state index is -0.210. The van der Waals surface area contributed by atoms with Crippen LogP contribution < -0.4 is 10.6 Å². The molecule has 1 heterocycles. The normalized spacial score (nSPS) is 16.8. The first-order chi connectivity index (χ1) is 14.3. The standard InChI is InChI=1S/C19H23FN2.C8H10.CH4/c1-4-5-17(21)12-15(3)19-13-16(20)10-11-22(19)18-8-6-14(2)7-9-18;1-7-3-5-8(2)6-4-7;/h4-13,15,19H,21H2,1-3H3;3-6H,1-2H3;1H4/b5-4-,17-12+;;. The Morgan fingerprint density at radius 3 is 1.94 bits per heavy atom. The molecule has 31 heavy (non-hydrogen) atoms. The van der Waals surface area contributed by atoms with Gasteiger partial charge in [-0.15, -0.1) is 0 Å². The summed E-state index contributed by atoms with van der Waals surface area (Å²) in [5.41, 5.74) is 11.6. The molecule has 0 bridgehead atoms. The Morgan fingerprint density at radius 2 is 1.45 bits per heavy atom. The number of hydrogen-bond acceptors (Lipinski definition) is 2. The molecule has 2 atom stereocenters. The Labute approximate surface area is 188 Å². The Hall–Kier alpha value is -3.07. The van der Waals surface area contributed by atoms with Crippen molar-refractivity contribution in [3.05, 3.63) is 113 Å². The van der Waals surface area contributed by atoms with Crippen molar-refractivity contribution < 1.29 is 4.39 Å².